The molecule has 0 atom stereocenters. The molecular formula is C15H21NO2. The van der Waals surface area contributed by atoms with Crippen molar-refractivity contribution in [2.75, 3.05) is 6.54 Å². The van der Waals surface area contributed by atoms with E-state index in [0.717, 1.165) is 6.42 Å². The maximum Gasteiger partial charge on any atom is 0.284 e. The van der Waals surface area contributed by atoms with Crippen LogP contribution in [0.4, 0.5) is 0 Å². The molecule has 0 bridgehead atoms. The summed E-state index contributed by atoms with van der Waals surface area (Å²) in [7, 11) is 0. The summed E-state index contributed by atoms with van der Waals surface area (Å²) >= 11 is 0. The molecule has 0 aromatic heterocycles. The fraction of sp³-hybridized carbons (Fsp3) is 0.467. The van der Waals surface area contributed by atoms with Crippen LogP contribution in [0, 0.1) is 6.92 Å². The van der Waals surface area contributed by atoms with Gasteiger partial charge in [0.15, 0.2) is 0 Å². The molecule has 0 saturated carbocycles. The smallest absolute Gasteiger partial charge is 0.284 e. The van der Waals surface area contributed by atoms with Crippen LogP contribution in [0.2, 0.25) is 0 Å². The van der Waals surface area contributed by atoms with E-state index in [9.17, 15) is 9.59 Å². The third kappa shape index (κ3) is 3.99. The molecular weight excluding hydrogens is 226 g/mol. The molecule has 0 radical (unpaired) electrons. The van der Waals surface area contributed by atoms with E-state index in [1.54, 1.807) is 0 Å². The van der Waals surface area contributed by atoms with Gasteiger partial charge in [-0.1, -0.05) is 39.0 Å². The molecule has 18 heavy (non-hydrogen) atoms. The molecule has 1 aromatic carbocycles. The topological polar surface area (TPSA) is 46.2 Å². The van der Waals surface area contributed by atoms with Crippen LogP contribution >= 0.6 is 0 Å². The number of hydrogen-bond donors (Lipinski definition) is 1. The second-order valence-electron chi connectivity index (χ2n) is 5.55. The molecule has 98 valence electrons. The summed E-state index contributed by atoms with van der Waals surface area (Å²) in [6.07, 6.45) is 1.05. The third-order valence-corrected chi connectivity index (χ3v) is 3.02. The molecule has 0 aliphatic rings. The minimum Gasteiger partial charge on any atom is -0.349 e. The van der Waals surface area contributed by atoms with Crippen LogP contribution in [0.25, 0.3) is 0 Å². The van der Waals surface area contributed by atoms with Gasteiger partial charge in [-0.05, 0) is 35.4 Å². The summed E-state index contributed by atoms with van der Waals surface area (Å²) in [4.78, 5) is 21.0. The number of rotatable bonds is 4. The number of aryl methyl sites for hydroxylation is 1. The molecule has 3 nitrogen and oxygen atoms in total. The van der Waals surface area contributed by atoms with Crippen LogP contribution in [-0.4, -0.2) is 18.7 Å². The van der Waals surface area contributed by atoms with E-state index in [1.165, 1.54) is 16.7 Å². The Morgan fingerprint density at radius 3 is 2.56 bits per heavy atom. The Bertz CT molecular complexity index is 444. The Morgan fingerprint density at radius 1 is 1.33 bits per heavy atom. The van der Waals surface area contributed by atoms with Crippen LogP contribution in [0.1, 0.15) is 37.5 Å². The monoisotopic (exact) mass is 247 g/mol. The molecule has 0 unspecified atom stereocenters. The molecule has 0 aliphatic heterocycles. The predicted octanol–water partition coefficient (Wildman–Crippen LogP) is 2.15. The van der Waals surface area contributed by atoms with Crippen molar-refractivity contribution >= 4 is 12.2 Å². The quantitative estimate of drug-likeness (QED) is 0.654. The summed E-state index contributed by atoms with van der Waals surface area (Å²) in [5.74, 6) is -0.556. The maximum atomic E-state index is 10.8. The van der Waals surface area contributed by atoms with Crippen molar-refractivity contribution < 1.29 is 9.59 Å². The lowest BCUT2D eigenvalue weighted by Gasteiger charge is -2.21. The standard InChI is InChI=1S/C15H21NO2/c1-11-5-6-13(15(2,3)4)9-12(11)7-8-16-14(18)10-17/h5-6,9-10H,7-8H2,1-4H3,(H,16,18). The molecule has 0 aliphatic carbocycles. The Kier molecular flexibility index (Phi) is 4.65. The molecule has 0 saturated heterocycles. The normalized spacial score (nSPS) is 11.1. The van der Waals surface area contributed by atoms with Crippen molar-refractivity contribution in [3.63, 3.8) is 0 Å². The Labute approximate surface area is 109 Å². The van der Waals surface area contributed by atoms with E-state index >= 15 is 0 Å². The van der Waals surface area contributed by atoms with Crippen molar-refractivity contribution in [2.45, 2.75) is 39.5 Å². The van der Waals surface area contributed by atoms with Gasteiger partial charge < -0.3 is 5.32 Å². The fourth-order valence-electron chi connectivity index (χ4n) is 1.77. The summed E-state index contributed by atoms with van der Waals surface area (Å²) < 4.78 is 0. The highest BCUT2D eigenvalue weighted by atomic mass is 16.2. The summed E-state index contributed by atoms with van der Waals surface area (Å²) in [6.45, 7) is 9.08. The van der Waals surface area contributed by atoms with Crippen molar-refractivity contribution in [3.05, 3.63) is 34.9 Å². The highest BCUT2D eigenvalue weighted by Crippen LogP contribution is 2.24. The Hall–Kier alpha value is -1.64. The first kappa shape index (κ1) is 14.4. The second-order valence-corrected chi connectivity index (χ2v) is 5.55. The average Bonchev–Trinajstić information content (AvgIpc) is 2.29. The molecule has 0 heterocycles. The highest BCUT2D eigenvalue weighted by Gasteiger charge is 2.14. The van der Waals surface area contributed by atoms with Gasteiger partial charge in [-0.3, -0.25) is 9.59 Å². The van der Waals surface area contributed by atoms with Crippen LogP contribution in [0.15, 0.2) is 18.2 Å². The molecule has 1 N–H and O–H groups in total. The van der Waals surface area contributed by atoms with E-state index in [2.05, 4.69) is 51.2 Å². The fourth-order valence-corrected chi connectivity index (χ4v) is 1.77. The van der Waals surface area contributed by atoms with Gasteiger partial charge in [0.25, 0.3) is 5.91 Å². The van der Waals surface area contributed by atoms with E-state index in [0.29, 0.717) is 12.8 Å². The van der Waals surface area contributed by atoms with Crippen LogP contribution in [-0.2, 0) is 21.4 Å². The lowest BCUT2D eigenvalue weighted by atomic mass is 9.85. The van der Waals surface area contributed by atoms with Crippen LogP contribution in [0.3, 0.4) is 0 Å². The summed E-state index contributed by atoms with van der Waals surface area (Å²) in [6, 6.07) is 6.43. The van der Waals surface area contributed by atoms with Crippen molar-refractivity contribution in [1.29, 1.82) is 0 Å². The van der Waals surface area contributed by atoms with E-state index in [-0.39, 0.29) is 5.41 Å². The summed E-state index contributed by atoms with van der Waals surface area (Å²) in [5.41, 5.74) is 3.83. The lowest BCUT2D eigenvalue weighted by Crippen LogP contribution is -2.26. The first-order valence-electron chi connectivity index (χ1n) is 6.17. The van der Waals surface area contributed by atoms with Gasteiger partial charge in [0, 0.05) is 6.54 Å². The maximum absolute atomic E-state index is 10.8. The molecule has 1 rings (SSSR count). The predicted molar refractivity (Wildman–Crippen MR) is 72.7 cm³/mol. The lowest BCUT2D eigenvalue weighted by molar-refractivity contribution is -0.131. The van der Waals surface area contributed by atoms with Crippen LogP contribution in [0.5, 0.6) is 0 Å². The number of carbonyl (C=O) groups excluding carboxylic acids is 2. The number of aldehydes is 1. The van der Waals surface area contributed by atoms with Gasteiger partial charge in [-0.2, -0.15) is 0 Å². The first-order valence-corrected chi connectivity index (χ1v) is 6.17. The SMILES string of the molecule is Cc1ccc(C(C)(C)C)cc1CCNC(=O)C=O. The van der Waals surface area contributed by atoms with Gasteiger partial charge in [0.05, 0.1) is 0 Å². The zero-order valence-electron chi connectivity index (χ0n) is 11.5. The van der Waals surface area contributed by atoms with E-state index in [4.69, 9.17) is 0 Å². The van der Waals surface area contributed by atoms with Gasteiger partial charge in [-0.15, -0.1) is 0 Å². The van der Waals surface area contributed by atoms with Crippen molar-refractivity contribution in [2.24, 2.45) is 0 Å². The number of hydrogen-bond acceptors (Lipinski definition) is 2. The van der Waals surface area contributed by atoms with Crippen molar-refractivity contribution in [1.82, 2.24) is 5.32 Å². The zero-order valence-corrected chi connectivity index (χ0v) is 11.5. The molecule has 0 fully saturated rings. The van der Waals surface area contributed by atoms with Crippen molar-refractivity contribution in [3.8, 4) is 0 Å². The summed E-state index contributed by atoms with van der Waals surface area (Å²) in [5, 5.41) is 2.56. The number of benzene rings is 1. The van der Waals surface area contributed by atoms with Gasteiger partial charge in [0.2, 0.25) is 6.29 Å². The Morgan fingerprint density at radius 2 is 2.00 bits per heavy atom. The zero-order chi connectivity index (χ0) is 13.8. The second kappa shape index (κ2) is 5.80. The largest absolute Gasteiger partial charge is 0.349 e. The molecule has 3 heteroatoms. The van der Waals surface area contributed by atoms with Gasteiger partial charge >= 0.3 is 0 Å². The third-order valence-electron chi connectivity index (χ3n) is 3.02. The average molecular weight is 247 g/mol. The first-order chi connectivity index (χ1) is 8.34. The van der Waals surface area contributed by atoms with E-state index in [1.807, 2.05) is 0 Å². The van der Waals surface area contributed by atoms with Crippen LogP contribution < -0.4 is 5.32 Å². The number of carbonyl (C=O) groups is 2. The van der Waals surface area contributed by atoms with Gasteiger partial charge in [0.1, 0.15) is 0 Å². The number of amides is 1. The molecule has 0 spiro atoms. The highest BCUT2D eigenvalue weighted by molar-refractivity contribution is 6.23. The minimum absolute atomic E-state index is 0.120. The van der Waals surface area contributed by atoms with Gasteiger partial charge in [-0.25, -0.2) is 0 Å². The number of nitrogens with one attached hydrogen (secondary N) is 1. The molecule has 1 amide bonds. The Balaban J connectivity index is 2.76. The van der Waals surface area contributed by atoms with E-state index < -0.39 is 5.91 Å². The molecule has 1 aromatic rings. The minimum atomic E-state index is -0.556.